The van der Waals surface area contributed by atoms with E-state index < -0.39 is 0 Å². The Morgan fingerprint density at radius 3 is 2.81 bits per heavy atom. The first-order valence-corrected chi connectivity index (χ1v) is 5.66. The predicted molar refractivity (Wildman–Crippen MR) is 66.0 cm³/mol. The van der Waals surface area contributed by atoms with Gasteiger partial charge in [-0.3, -0.25) is 0 Å². The highest BCUT2D eigenvalue weighted by molar-refractivity contribution is 5.23. The Hall–Kier alpha value is -1.40. The van der Waals surface area contributed by atoms with Gasteiger partial charge in [-0.25, -0.2) is 0 Å². The Kier molecular flexibility index (Phi) is 4.94. The second kappa shape index (κ2) is 6.24. The molecule has 1 aromatic heterocycles. The van der Waals surface area contributed by atoms with Crippen LogP contribution in [0.1, 0.15) is 42.8 Å². The van der Waals surface area contributed by atoms with Gasteiger partial charge in [0.25, 0.3) is 0 Å². The molecule has 0 bridgehead atoms. The van der Waals surface area contributed by atoms with E-state index in [1.807, 2.05) is 13.8 Å². The molecule has 1 aromatic rings. The number of rotatable bonds is 5. The van der Waals surface area contributed by atoms with E-state index >= 15 is 0 Å². The summed E-state index contributed by atoms with van der Waals surface area (Å²) in [5, 5.41) is 11.6. The van der Waals surface area contributed by atoms with Crippen LogP contribution in [0, 0.1) is 26.2 Å². The fourth-order valence-corrected chi connectivity index (χ4v) is 1.76. The molecular formula is C13H19N3. The van der Waals surface area contributed by atoms with E-state index in [0.717, 1.165) is 30.8 Å². The third-order valence-electron chi connectivity index (χ3n) is 2.54. The molecule has 0 aliphatic carbocycles. The Morgan fingerprint density at radius 2 is 2.19 bits per heavy atom. The minimum Gasteiger partial charge on any atom is -0.310 e. The number of terminal acetylenes is 1. The summed E-state index contributed by atoms with van der Waals surface area (Å²) in [6.07, 6.45) is 7.03. The van der Waals surface area contributed by atoms with E-state index in [-0.39, 0.29) is 6.04 Å². The molecule has 1 heterocycles. The number of aromatic nitrogens is 2. The van der Waals surface area contributed by atoms with Crippen molar-refractivity contribution in [2.24, 2.45) is 0 Å². The molecule has 16 heavy (non-hydrogen) atoms. The summed E-state index contributed by atoms with van der Waals surface area (Å²) >= 11 is 0. The van der Waals surface area contributed by atoms with Crippen LogP contribution in [0.3, 0.4) is 0 Å². The lowest BCUT2D eigenvalue weighted by molar-refractivity contribution is 0.516. The zero-order chi connectivity index (χ0) is 12.0. The summed E-state index contributed by atoms with van der Waals surface area (Å²) in [5.74, 6) is 2.68. The van der Waals surface area contributed by atoms with Crippen molar-refractivity contribution in [2.75, 3.05) is 6.54 Å². The highest BCUT2D eigenvalue weighted by Gasteiger charge is 2.13. The molecule has 0 amide bonds. The molecule has 0 aliphatic heterocycles. The Balaban J connectivity index is 2.91. The molecule has 0 aliphatic rings. The summed E-state index contributed by atoms with van der Waals surface area (Å²) in [6.45, 7) is 6.97. The number of hydrogen-bond acceptors (Lipinski definition) is 3. The number of aryl methyl sites for hydroxylation is 2. The molecule has 0 spiro atoms. The van der Waals surface area contributed by atoms with E-state index in [4.69, 9.17) is 6.42 Å². The van der Waals surface area contributed by atoms with Gasteiger partial charge in [-0.05, 0) is 38.4 Å². The lowest BCUT2D eigenvalue weighted by Gasteiger charge is -2.18. The van der Waals surface area contributed by atoms with Gasteiger partial charge in [0.15, 0.2) is 0 Å². The monoisotopic (exact) mass is 217 g/mol. The zero-order valence-corrected chi connectivity index (χ0v) is 10.2. The molecule has 0 radical (unpaired) electrons. The van der Waals surface area contributed by atoms with Gasteiger partial charge >= 0.3 is 0 Å². The summed E-state index contributed by atoms with van der Waals surface area (Å²) in [5.41, 5.74) is 3.14. The maximum atomic E-state index is 5.31. The van der Waals surface area contributed by atoms with Crippen molar-refractivity contribution >= 4 is 0 Å². The SMILES string of the molecule is C#CCCC(NCC)c1cc(C)nnc1C. The smallest absolute Gasteiger partial charge is 0.0648 e. The summed E-state index contributed by atoms with van der Waals surface area (Å²) in [7, 11) is 0. The molecular weight excluding hydrogens is 198 g/mol. The van der Waals surface area contributed by atoms with Gasteiger partial charge < -0.3 is 5.32 Å². The largest absolute Gasteiger partial charge is 0.310 e. The molecule has 1 unspecified atom stereocenters. The lowest BCUT2D eigenvalue weighted by Crippen LogP contribution is -2.22. The second-order valence-corrected chi connectivity index (χ2v) is 3.88. The van der Waals surface area contributed by atoms with Crippen molar-refractivity contribution in [3.05, 3.63) is 23.0 Å². The summed E-state index contributed by atoms with van der Waals surface area (Å²) < 4.78 is 0. The molecule has 0 fully saturated rings. The van der Waals surface area contributed by atoms with Crippen molar-refractivity contribution in [2.45, 2.75) is 39.7 Å². The van der Waals surface area contributed by atoms with Crippen LogP contribution in [0.25, 0.3) is 0 Å². The average Bonchev–Trinajstić information content (AvgIpc) is 2.28. The summed E-state index contributed by atoms with van der Waals surface area (Å²) in [4.78, 5) is 0. The highest BCUT2D eigenvalue weighted by atomic mass is 15.1. The van der Waals surface area contributed by atoms with Crippen molar-refractivity contribution in [1.29, 1.82) is 0 Å². The van der Waals surface area contributed by atoms with Crippen molar-refractivity contribution in [3.8, 4) is 12.3 Å². The molecule has 3 heteroatoms. The predicted octanol–water partition coefficient (Wildman–Crippen LogP) is 2.16. The maximum absolute atomic E-state index is 5.31. The Morgan fingerprint density at radius 1 is 1.44 bits per heavy atom. The topological polar surface area (TPSA) is 37.8 Å². The van der Waals surface area contributed by atoms with Crippen LogP contribution in [0.4, 0.5) is 0 Å². The normalized spacial score (nSPS) is 12.1. The third-order valence-corrected chi connectivity index (χ3v) is 2.54. The van der Waals surface area contributed by atoms with Gasteiger partial charge in [0, 0.05) is 12.5 Å². The van der Waals surface area contributed by atoms with E-state index in [0.29, 0.717) is 0 Å². The maximum Gasteiger partial charge on any atom is 0.0648 e. The van der Waals surface area contributed by atoms with Crippen molar-refractivity contribution in [1.82, 2.24) is 15.5 Å². The lowest BCUT2D eigenvalue weighted by atomic mass is 10.0. The van der Waals surface area contributed by atoms with Crippen LogP contribution in [0.2, 0.25) is 0 Å². The standard InChI is InChI=1S/C13H19N3/c1-5-7-8-13(14-6-2)12-9-10(3)15-16-11(12)4/h1,9,13-14H,6-8H2,2-4H3. The molecule has 0 saturated carbocycles. The first-order valence-electron chi connectivity index (χ1n) is 5.66. The van der Waals surface area contributed by atoms with Gasteiger partial charge in [0.1, 0.15) is 0 Å². The van der Waals surface area contributed by atoms with Crippen LogP contribution < -0.4 is 5.32 Å². The van der Waals surface area contributed by atoms with Crippen LogP contribution >= 0.6 is 0 Å². The molecule has 1 atom stereocenters. The van der Waals surface area contributed by atoms with Gasteiger partial charge in [-0.15, -0.1) is 12.3 Å². The van der Waals surface area contributed by atoms with E-state index in [1.165, 1.54) is 5.56 Å². The molecule has 1 rings (SSSR count). The second-order valence-electron chi connectivity index (χ2n) is 3.88. The number of nitrogens with zero attached hydrogens (tertiary/aromatic N) is 2. The fraction of sp³-hybridized carbons (Fsp3) is 0.538. The van der Waals surface area contributed by atoms with E-state index in [1.54, 1.807) is 0 Å². The third kappa shape index (κ3) is 3.32. The number of nitrogens with one attached hydrogen (secondary N) is 1. The van der Waals surface area contributed by atoms with Gasteiger partial charge in [0.05, 0.1) is 11.4 Å². The van der Waals surface area contributed by atoms with Gasteiger partial charge in [-0.2, -0.15) is 10.2 Å². The van der Waals surface area contributed by atoms with Crippen LogP contribution in [-0.2, 0) is 0 Å². The zero-order valence-electron chi connectivity index (χ0n) is 10.2. The molecule has 0 saturated heterocycles. The van der Waals surface area contributed by atoms with E-state index in [2.05, 4.69) is 34.4 Å². The van der Waals surface area contributed by atoms with Crippen LogP contribution in [0.15, 0.2) is 6.07 Å². The first kappa shape index (κ1) is 12.7. The van der Waals surface area contributed by atoms with Gasteiger partial charge in [-0.1, -0.05) is 6.92 Å². The van der Waals surface area contributed by atoms with Crippen molar-refractivity contribution < 1.29 is 0 Å². The Bertz CT molecular complexity index is 379. The summed E-state index contributed by atoms with van der Waals surface area (Å²) in [6, 6.07) is 2.38. The molecule has 1 N–H and O–H groups in total. The molecule has 0 aromatic carbocycles. The van der Waals surface area contributed by atoms with E-state index in [9.17, 15) is 0 Å². The first-order chi connectivity index (χ1) is 7.69. The minimum atomic E-state index is 0.287. The van der Waals surface area contributed by atoms with Gasteiger partial charge in [0.2, 0.25) is 0 Å². The molecule has 86 valence electrons. The Labute approximate surface area is 97.7 Å². The quantitative estimate of drug-likeness (QED) is 0.768. The average molecular weight is 217 g/mol. The molecule has 3 nitrogen and oxygen atoms in total. The van der Waals surface area contributed by atoms with Crippen LogP contribution in [-0.4, -0.2) is 16.7 Å². The highest BCUT2D eigenvalue weighted by Crippen LogP contribution is 2.20. The van der Waals surface area contributed by atoms with Crippen molar-refractivity contribution in [3.63, 3.8) is 0 Å². The number of hydrogen-bond donors (Lipinski definition) is 1. The van der Waals surface area contributed by atoms with Crippen LogP contribution in [0.5, 0.6) is 0 Å². The minimum absolute atomic E-state index is 0.287. The fourth-order valence-electron chi connectivity index (χ4n) is 1.76.